The summed E-state index contributed by atoms with van der Waals surface area (Å²) >= 11 is 1.93. The Morgan fingerprint density at radius 3 is 2.55 bits per heavy atom. The van der Waals surface area contributed by atoms with Crippen molar-refractivity contribution in [3.8, 4) is 0 Å². The van der Waals surface area contributed by atoms with Gasteiger partial charge in [-0.15, -0.1) is 35.7 Å². The minimum absolute atomic E-state index is 0. The Kier molecular flexibility index (Phi) is 7.15. The van der Waals surface area contributed by atoms with E-state index in [1.807, 2.05) is 11.8 Å². The van der Waals surface area contributed by atoms with E-state index in [0.29, 0.717) is 11.9 Å². The molecular weight excluding hydrogens is 381 g/mol. The average Bonchev–Trinajstić information content (AvgIpc) is 3.15. The van der Waals surface area contributed by atoms with Crippen molar-refractivity contribution in [2.24, 2.45) is 16.6 Å². The zero-order valence-corrected chi connectivity index (χ0v) is 15.3. The van der Waals surface area contributed by atoms with Crippen molar-refractivity contribution in [3.63, 3.8) is 0 Å². The van der Waals surface area contributed by atoms with Crippen LogP contribution in [0.2, 0.25) is 0 Å². The number of thioether (sulfide) groups is 1. The van der Waals surface area contributed by atoms with Crippen molar-refractivity contribution in [1.82, 2.24) is 5.32 Å². The molecule has 1 aliphatic rings. The van der Waals surface area contributed by atoms with Crippen molar-refractivity contribution >= 4 is 41.7 Å². The van der Waals surface area contributed by atoms with Crippen molar-refractivity contribution in [2.45, 2.75) is 36.3 Å². The molecule has 0 saturated heterocycles. The molecule has 112 valence electrons. The summed E-state index contributed by atoms with van der Waals surface area (Å²) < 4.78 is 0.283. The van der Waals surface area contributed by atoms with E-state index in [4.69, 9.17) is 5.73 Å². The highest BCUT2D eigenvalue weighted by Crippen LogP contribution is 2.51. The molecule has 1 aromatic rings. The van der Waals surface area contributed by atoms with Gasteiger partial charge in [0.2, 0.25) is 0 Å². The molecule has 0 unspecified atom stereocenters. The number of nitrogens with zero attached hydrogens (tertiary/aromatic N) is 1. The fourth-order valence-electron chi connectivity index (χ4n) is 1.76. The van der Waals surface area contributed by atoms with Crippen molar-refractivity contribution in [1.29, 1.82) is 0 Å². The van der Waals surface area contributed by atoms with Crippen LogP contribution in [0.5, 0.6) is 0 Å². The highest BCUT2D eigenvalue weighted by molar-refractivity contribution is 14.0. The molecular formula is C15H24IN3S. The minimum Gasteiger partial charge on any atom is -0.370 e. The van der Waals surface area contributed by atoms with Crippen LogP contribution in [0.3, 0.4) is 0 Å². The zero-order valence-electron chi connectivity index (χ0n) is 12.1. The average molecular weight is 405 g/mol. The molecule has 20 heavy (non-hydrogen) atoms. The van der Waals surface area contributed by atoms with Gasteiger partial charge in [-0.2, -0.15) is 0 Å². The lowest BCUT2D eigenvalue weighted by Crippen LogP contribution is -2.35. The number of rotatable bonds is 6. The highest BCUT2D eigenvalue weighted by Gasteiger charge is 2.43. The number of benzene rings is 1. The van der Waals surface area contributed by atoms with Crippen LogP contribution in [0, 0.1) is 5.92 Å². The van der Waals surface area contributed by atoms with Crippen LogP contribution in [0.25, 0.3) is 0 Å². The summed E-state index contributed by atoms with van der Waals surface area (Å²) in [6.45, 7) is 6.01. The third-order valence-corrected chi connectivity index (χ3v) is 4.59. The van der Waals surface area contributed by atoms with Gasteiger partial charge in [0.05, 0.1) is 6.54 Å². The summed E-state index contributed by atoms with van der Waals surface area (Å²) in [6, 6.07) is 10.5. The number of nitrogens with one attached hydrogen (secondary N) is 1. The van der Waals surface area contributed by atoms with Gasteiger partial charge >= 0.3 is 0 Å². The number of hydrogen-bond donors (Lipinski definition) is 2. The van der Waals surface area contributed by atoms with Crippen molar-refractivity contribution in [2.75, 3.05) is 13.1 Å². The Labute approximate surface area is 143 Å². The van der Waals surface area contributed by atoms with Crippen LogP contribution < -0.4 is 11.1 Å². The van der Waals surface area contributed by atoms with Gasteiger partial charge in [0.15, 0.2) is 5.96 Å². The predicted octanol–water partition coefficient (Wildman–Crippen LogP) is 3.49. The second-order valence-corrected chi connectivity index (χ2v) is 7.12. The molecule has 0 spiro atoms. The Morgan fingerprint density at radius 2 is 2.00 bits per heavy atom. The maximum absolute atomic E-state index is 5.88. The van der Waals surface area contributed by atoms with E-state index in [-0.39, 0.29) is 28.7 Å². The molecule has 0 amide bonds. The summed E-state index contributed by atoms with van der Waals surface area (Å²) in [4.78, 5) is 5.81. The van der Waals surface area contributed by atoms with Crippen LogP contribution in [0.1, 0.15) is 26.7 Å². The number of aliphatic imine (C=N–C) groups is 1. The standard InChI is InChI=1S/C15H23N3S.HI/c1-12(2)10-17-14(16)18-11-15(8-9-15)19-13-6-4-3-5-7-13;/h3-7,12H,8-11H2,1-2H3,(H3,16,17,18);1H. The van der Waals surface area contributed by atoms with E-state index >= 15 is 0 Å². The Bertz CT molecular complexity index is 430. The van der Waals surface area contributed by atoms with Crippen molar-refractivity contribution < 1.29 is 0 Å². The number of nitrogens with two attached hydrogens (primary N) is 1. The first-order valence-corrected chi connectivity index (χ1v) is 7.69. The SMILES string of the molecule is CC(C)CNC(N)=NCC1(Sc2ccccc2)CC1.I. The number of hydrogen-bond acceptors (Lipinski definition) is 2. The number of halogens is 1. The van der Waals surface area contributed by atoms with E-state index in [2.05, 4.69) is 54.5 Å². The van der Waals surface area contributed by atoms with Gasteiger partial charge in [-0.1, -0.05) is 32.0 Å². The van der Waals surface area contributed by atoms with Gasteiger partial charge in [0.25, 0.3) is 0 Å². The first-order valence-electron chi connectivity index (χ1n) is 6.87. The van der Waals surface area contributed by atoms with Gasteiger partial charge in [-0.3, -0.25) is 4.99 Å². The van der Waals surface area contributed by atoms with Crippen LogP contribution >= 0.6 is 35.7 Å². The molecule has 1 saturated carbocycles. The Balaban J connectivity index is 0.00000200. The van der Waals surface area contributed by atoms with E-state index in [1.54, 1.807) is 0 Å². The van der Waals surface area contributed by atoms with Crippen molar-refractivity contribution in [3.05, 3.63) is 30.3 Å². The molecule has 0 radical (unpaired) electrons. The molecule has 0 aliphatic heterocycles. The topological polar surface area (TPSA) is 50.4 Å². The third kappa shape index (κ3) is 5.91. The summed E-state index contributed by atoms with van der Waals surface area (Å²) in [7, 11) is 0. The molecule has 1 aliphatic carbocycles. The fourth-order valence-corrected chi connectivity index (χ4v) is 2.99. The largest absolute Gasteiger partial charge is 0.370 e. The molecule has 0 aromatic heterocycles. The second kappa shape index (κ2) is 8.12. The highest BCUT2D eigenvalue weighted by atomic mass is 127. The smallest absolute Gasteiger partial charge is 0.188 e. The molecule has 3 N–H and O–H groups in total. The van der Waals surface area contributed by atoms with Gasteiger partial charge in [0, 0.05) is 16.2 Å². The predicted molar refractivity (Wildman–Crippen MR) is 99.0 cm³/mol. The molecule has 0 heterocycles. The fraction of sp³-hybridized carbons (Fsp3) is 0.533. The van der Waals surface area contributed by atoms with Gasteiger partial charge in [-0.25, -0.2) is 0 Å². The monoisotopic (exact) mass is 405 g/mol. The summed E-state index contributed by atoms with van der Waals surface area (Å²) in [5.74, 6) is 1.16. The van der Waals surface area contributed by atoms with E-state index < -0.39 is 0 Å². The first-order chi connectivity index (χ1) is 9.10. The normalized spacial score (nSPS) is 16.6. The van der Waals surface area contributed by atoms with E-state index in [9.17, 15) is 0 Å². The maximum Gasteiger partial charge on any atom is 0.188 e. The quantitative estimate of drug-likeness (QED) is 0.433. The van der Waals surface area contributed by atoms with Crippen LogP contribution in [0.15, 0.2) is 40.2 Å². The maximum atomic E-state index is 5.88. The molecule has 2 rings (SSSR count). The lowest BCUT2D eigenvalue weighted by Gasteiger charge is -2.13. The number of guanidine groups is 1. The third-order valence-electron chi connectivity index (χ3n) is 3.11. The van der Waals surface area contributed by atoms with Gasteiger partial charge in [-0.05, 0) is 30.9 Å². The van der Waals surface area contributed by atoms with Gasteiger partial charge < -0.3 is 11.1 Å². The molecule has 1 aromatic carbocycles. The lowest BCUT2D eigenvalue weighted by atomic mass is 10.2. The first kappa shape index (κ1) is 17.6. The Hall–Kier alpha value is -0.430. The van der Waals surface area contributed by atoms with E-state index in [1.165, 1.54) is 17.7 Å². The van der Waals surface area contributed by atoms with Crippen LogP contribution in [0.4, 0.5) is 0 Å². The molecule has 0 atom stereocenters. The van der Waals surface area contributed by atoms with E-state index in [0.717, 1.165) is 13.1 Å². The second-order valence-electron chi connectivity index (χ2n) is 5.57. The minimum atomic E-state index is 0. The Morgan fingerprint density at radius 1 is 1.35 bits per heavy atom. The lowest BCUT2D eigenvalue weighted by molar-refractivity contribution is 0.621. The molecule has 1 fully saturated rings. The molecule has 0 bridgehead atoms. The molecule has 3 nitrogen and oxygen atoms in total. The van der Waals surface area contributed by atoms with Gasteiger partial charge in [0.1, 0.15) is 0 Å². The summed E-state index contributed by atoms with van der Waals surface area (Å²) in [5, 5.41) is 3.16. The summed E-state index contributed by atoms with van der Waals surface area (Å²) in [5.41, 5.74) is 5.88. The van der Waals surface area contributed by atoms with Crippen LogP contribution in [-0.4, -0.2) is 23.8 Å². The summed E-state index contributed by atoms with van der Waals surface area (Å²) in [6.07, 6.45) is 2.46. The zero-order chi connectivity index (χ0) is 13.7. The molecule has 5 heteroatoms. The van der Waals surface area contributed by atoms with Crippen LogP contribution in [-0.2, 0) is 0 Å².